The number of benzene rings is 1. The summed E-state index contributed by atoms with van der Waals surface area (Å²) in [5, 5.41) is 4.56. The number of nitrogens with zero attached hydrogens (tertiary/aromatic N) is 2. The number of hydrogen-bond acceptors (Lipinski definition) is 6. The molecule has 0 radical (unpaired) electrons. The molecule has 2 N–H and O–H groups in total. The lowest BCUT2D eigenvalue weighted by atomic mass is 10.2. The van der Waals surface area contributed by atoms with E-state index < -0.39 is 10.0 Å². The fourth-order valence-electron chi connectivity index (χ4n) is 2.09. The number of hydrogen-bond donors (Lipinski definition) is 2. The van der Waals surface area contributed by atoms with E-state index in [0.717, 1.165) is 11.8 Å². The second-order valence-electron chi connectivity index (χ2n) is 5.18. The van der Waals surface area contributed by atoms with Crippen LogP contribution in [0.3, 0.4) is 0 Å². The number of rotatable bonds is 5. The molecule has 2 heterocycles. The van der Waals surface area contributed by atoms with Crippen molar-refractivity contribution in [3.8, 4) is 11.4 Å². The topological polar surface area (TPSA) is 101 Å². The number of aromatic nitrogens is 2. The van der Waals surface area contributed by atoms with Crippen molar-refractivity contribution in [3.05, 3.63) is 59.0 Å². The SMILES string of the molecule is CS(=O)(=O)Nc1cccc(NC(=O)c2cc(-c3ncccn3)cs2)c1. The normalized spacial score (nSPS) is 11.1. The summed E-state index contributed by atoms with van der Waals surface area (Å²) in [5.74, 6) is 0.265. The fraction of sp³-hybridized carbons (Fsp3) is 0.0625. The fourth-order valence-corrected chi connectivity index (χ4v) is 3.42. The van der Waals surface area contributed by atoms with Gasteiger partial charge in [0.25, 0.3) is 5.91 Å². The maximum atomic E-state index is 12.4. The van der Waals surface area contributed by atoms with Gasteiger partial charge in [-0.2, -0.15) is 0 Å². The van der Waals surface area contributed by atoms with E-state index in [1.54, 1.807) is 48.8 Å². The summed E-state index contributed by atoms with van der Waals surface area (Å²) in [4.78, 5) is 21.2. The molecule has 3 rings (SSSR count). The Morgan fingerprint density at radius 2 is 1.80 bits per heavy atom. The highest BCUT2D eigenvalue weighted by Crippen LogP contribution is 2.24. The van der Waals surface area contributed by atoms with Gasteiger partial charge in [-0.1, -0.05) is 6.07 Å². The van der Waals surface area contributed by atoms with Crippen LogP contribution in [0.1, 0.15) is 9.67 Å². The molecule has 0 unspecified atom stereocenters. The van der Waals surface area contributed by atoms with E-state index in [-0.39, 0.29) is 5.91 Å². The van der Waals surface area contributed by atoms with Gasteiger partial charge in [-0.25, -0.2) is 18.4 Å². The maximum absolute atomic E-state index is 12.4. The van der Waals surface area contributed by atoms with Crippen LogP contribution in [-0.2, 0) is 10.0 Å². The number of anilines is 2. The van der Waals surface area contributed by atoms with Crippen molar-refractivity contribution in [1.82, 2.24) is 9.97 Å². The highest BCUT2D eigenvalue weighted by Gasteiger charge is 2.12. The number of nitrogens with one attached hydrogen (secondary N) is 2. The third kappa shape index (κ3) is 4.61. The molecular weight excluding hydrogens is 360 g/mol. The molecule has 1 aromatic carbocycles. The average Bonchev–Trinajstić information content (AvgIpc) is 3.04. The standard InChI is InChI=1S/C16H14N4O3S2/c1-25(22,23)20-13-5-2-4-12(9-13)19-16(21)14-8-11(10-24-14)15-17-6-3-7-18-15/h2-10,20H,1H3,(H,19,21). The number of carbonyl (C=O) groups is 1. The van der Waals surface area contributed by atoms with Gasteiger partial charge in [0.1, 0.15) is 0 Å². The van der Waals surface area contributed by atoms with Crippen molar-refractivity contribution < 1.29 is 13.2 Å². The predicted octanol–water partition coefficient (Wildman–Crippen LogP) is 2.83. The lowest BCUT2D eigenvalue weighted by Crippen LogP contribution is -2.12. The number of carbonyl (C=O) groups excluding carboxylic acids is 1. The number of sulfonamides is 1. The molecule has 25 heavy (non-hydrogen) atoms. The molecule has 0 atom stereocenters. The first-order chi connectivity index (χ1) is 11.9. The second-order valence-corrected chi connectivity index (χ2v) is 7.84. The molecule has 0 bridgehead atoms. The lowest BCUT2D eigenvalue weighted by Gasteiger charge is -2.07. The quantitative estimate of drug-likeness (QED) is 0.715. The van der Waals surface area contributed by atoms with E-state index in [0.29, 0.717) is 22.1 Å². The third-order valence-electron chi connectivity index (χ3n) is 3.07. The Labute approximate surface area is 148 Å². The van der Waals surface area contributed by atoms with Crippen molar-refractivity contribution in [3.63, 3.8) is 0 Å². The Balaban J connectivity index is 1.75. The van der Waals surface area contributed by atoms with Gasteiger partial charge >= 0.3 is 0 Å². The Bertz CT molecular complexity index is 1000. The van der Waals surface area contributed by atoms with Gasteiger partial charge in [0.2, 0.25) is 10.0 Å². The van der Waals surface area contributed by atoms with Gasteiger partial charge in [0.05, 0.1) is 16.8 Å². The largest absolute Gasteiger partial charge is 0.321 e. The van der Waals surface area contributed by atoms with Crippen LogP contribution in [0.15, 0.2) is 54.2 Å². The van der Waals surface area contributed by atoms with E-state index in [4.69, 9.17) is 0 Å². The molecule has 3 aromatic rings. The minimum Gasteiger partial charge on any atom is -0.321 e. The van der Waals surface area contributed by atoms with Gasteiger partial charge < -0.3 is 5.32 Å². The van der Waals surface area contributed by atoms with Crippen molar-refractivity contribution in [2.24, 2.45) is 0 Å². The predicted molar refractivity (Wildman–Crippen MR) is 98.2 cm³/mol. The van der Waals surface area contributed by atoms with Crippen molar-refractivity contribution in [2.75, 3.05) is 16.3 Å². The Kier molecular flexibility index (Phi) is 4.77. The highest BCUT2D eigenvalue weighted by molar-refractivity contribution is 7.92. The third-order valence-corrected chi connectivity index (χ3v) is 4.61. The van der Waals surface area contributed by atoms with Gasteiger partial charge in [0.15, 0.2) is 5.82 Å². The smallest absolute Gasteiger partial charge is 0.265 e. The zero-order valence-electron chi connectivity index (χ0n) is 13.1. The Hall–Kier alpha value is -2.78. The Morgan fingerprint density at radius 3 is 2.52 bits per heavy atom. The molecule has 0 saturated heterocycles. The molecule has 0 spiro atoms. The van der Waals surface area contributed by atoms with E-state index in [2.05, 4.69) is 20.0 Å². The minimum absolute atomic E-state index is 0.288. The summed E-state index contributed by atoms with van der Waals surface area (Å²) in [6, 6.07) is 9.93. The van der Waals surface area contributed by atoms with Crippen molar-refractivity contribution in [2.45, 2.75) is 0 Å². The van der Waals surface area contributed by atoms with Gasteiger partial charge in [-0.15, -0.1) is 11.3 Å². The summed E-state index contributed by atoms with van der Waals surface area (Å²) >= 11 is 1.28. The molecule has 0 saturated carbocycles. The zero-order chi connectivity index (χ0) is 17.9. The summed E-state index contributed by atoms with van der Waals surface area (Å²) in [5.41, 5.74) is 1.64. The molecule has 0 fully saturated rings. The van der Waals surface area contributed by atoms with Crippen LogP contribution in [0.2, 0.25) is 0 Å². The lowest BCUT2D eigenvalue weighted by molar-refractivity contribution is 0.103. The number of amides is 1. The van der Waals surface area contributed by atoms with Crippen LogP contribution in [0, 0.1) is 0 Å². The molecule has 7 nitrogen and oxygen atoms in total. The molecule has 0 aliphatic rings. The van der Waals surface area contributed by atoms with Crippen LogP contribution in [-0.4, -0.2) is 30.5 Å². The molecule has 2 aromatic heterocycles. The molecule has 0 aliphatic carbocycles. The van der Waals surface area contributed by atoms with Gasteiger partial charge in [-0.05, 0) is 30.3 Å². The molecule has 9 heteroatoms. The first kappa shape index (κ1) is 17.1. The summed E-state index contributed by atoms with van der Waals surface area (Å²) in [6.45, 7) is 0. The van der Waals surface area contributed by atoms with Gasteiger partial charge in [0, 0.05) is 29.0 Å². The summed E-state index contributed by atoms with van der Waals surface area (Å²) in [6.07, 6.45) is 4.34. The maximum Gasteiger partial charge on any atom is 0.265 e. The molecular formula is C16H14N4O3S2. The van der Waals surface area contributed by atoms with Crippen LogP contribution in [0.4, 0.5) is 11.4 Å². The van der Waals surface area contributed by atoms with Crippen LogP contribution < -0.4 is 10.0 Å². The summed E-state index contributed by atoms with van der Waals surface area (Å²) < 4.78 is 24.9. The van der Waals surface area contributed by atoms with Crippen LogP contribution in [0.5, 0.6) is 0 Å². The highest BCUT2D eigenvalue weighted by atomic mass is 32.2. The zero-order valence-corrected chi connectivity index (χ0v) is 14.8. The summed E-state index contributed by atoms with van der Waals surface area (Å²) in [7, 11) is -3.38. The van der Waals surface area contributed by atoms with E-state index >= 15 is 0 Å². The molecule has 0 aliphatic heterocycles. The monoisotopic (exact) mass is 374 g/mol. The number of thiophene rings is 1. The van der Waals surface area contributed by atoms with E-state index in [9.17, 15) is 13.2 Å². The van der Waals surface area contributed by atoms with Crippen molar-refractivity contribution >= 4 is 38.6 Å². The van der Waals surface area contributed by atoms with E-state index in [1.807, 2.05) is 5.38 Å². The van der Waals surface area contributed by atoms with Gasteiger partial charge in [-0.3, -0.25) is 9.52 Å². The Morgan fingerprint density at radius 1 is 1.08 bits per heavy atom. The second kappa shape index (κ2) is 6.99. The van der Waals surface area contributed by atoms with Crippen LogP contribution in [0.25, 0.3) is 11.4 Å². The molecule has 128 valence electrons. The minimum atomic E-state index is -3.38. The van der Waals surface area contributed by atoms with E-state index in [1.165, 1.54) is 11.3 Å². The van der Waals surface area contributed by atoms with Crippen molar-refractivity contribution in [1.29, 1.82) is 0 Å². The average molecular weight is 374 g/mol. The molecule has 1 amide bonds. The first-order valence-corrected chi connectivity index (χ1v) is 9.93. The van der Waals surface area contributed by atoms with Crippen LogP contribution >= 0.6 is 11.3 Å². The first-order valence-electron chi connectivity index (χ1n) is 7.16.